The summed E-state index contributed by atoms with van der Waals surface area (Å²) in [6, 6.07) is 0. The third-order valence-corrected chi connectivity index (χ3v) is 2.60. The number of carbonyl (C=O) groups excluding carboxylic acids is 1. The van der Waals surface area contributed by atoms with Gasteiger partial charge in [0.25, 0.3) is 0 Å². The molecule has 0 aromatic rings. The number of ether oxygens (including phenoxy) is 2. The molecule has 0 aliphatic carbocycles. The van der Waals surface area contributed by atoms with Gasteiger partial charge in [0.05, 0.1) is 33.0 Å². The zero-order valence-corrected chi connectivity index (χ0v) is 15.4. The number of hydrogen-bond donors (Lipinski definition) is 1. The van der Waals surface area contributed by atoms with E-state index in [-0.39, 0.29) is 44.0 Å². The van der Waals surface area contributed by atoms with Gasteiger partial charge in [-0.15, -0.1) is 13.2 Å². The van der Waals surface area contributed by atoms with Crippen molar-refractivity contribution in [3.05, 3.63) is 44.9 Å². The van der Waals surface area contributed by atoms with E-state index in [1.165, 1.54) is 6.08 Å². The largest absolute Gasteiger partial charge is 0.396 e. The second-order valence-corrected chi connectivity index (χ2v) is 4.29. The maximum Gasteiger partial charge on any atom is 0.0645 e. The van der Waals surface area contributed by atoms with Gasteiger partial charge < -0.3 is 19.4 Å². The molecule has 4 nitrogen and oxygen atoms in total. The van der Waals surface area contributed by atoms with Crippen molar-refractivity contribution >= 4 is 5.78 Å². The summed E-state index contributed by atoms with van der Waals surface area (Å²) in [5.41, 5.74) is -0.300. The number of hydrogen-bond acceptors (Lipinski definition) is 4. The minimum atomic E-state index is -0.300. The summed E-state index contributed by atoms with van der Waals surface area (Å²) in [6.07, 6.45) is 5.38. The van der Waals surface area contributed by atoms with Gasteiger partial charge in [-0.25, -0.2) is 0 Å². The van der Waals surface area contributed by atoms with Gasteiger partial charge in [0, 0.05) is 37.4 Å². The second kappa shape index (κ2) is 17.6. The normalized spacial score (nSPS) is 9.62. The van der Waals surface area contributed by atoms with E-state index in [1.807, 2.05) is 6.92 Å². The SMILES string of the molecule is C=CC([CH2-])=O.C=CCOCC(CC)(CO)COCC=C.[Zr]. The number of ketones is 1. The Kier molecular flexibility index (Phi) is 21.3. The van der Waals surface area contributed by atoms with Crippen LogP contribution in [0, 0.1) is 12.3 Å². The smallest absolute Gasteiger partial charge is 0.0645 e. The summed E-state index contributed by atoms with van der Waals surface area (Å²) in [6.45, 7) is 17.4. The predicted octanol–water partition coefficient (Wildman–Crippen LogP) is 2.35. The second-order valence-electron chi connectivity index (χ2n) is 4.29. The van der Waals surface area contributed by atoms with Crippen molar-refractivity contribution < 1.29 is 45.6 Å². The first kappa shape index (κ1) is 25.5. The summed E-state index contributed by atoms with van der Waals surface area (Å²) < 4.78 is 10.8. The minimum absolute atomic E-state index is 0. The molecule has 120 valence electrons. The Morgan fingerprint density at radius 1 is 1.19 bits per heavy atom. The first-order valence-electron chi connectivity index (χ1n) is 6.48. The molecular formula is C16H27O4Zr-. The van der Waals surface area contributed by atoms with Gasteiger partial charge in [0.1, 0.15) is 0 Å². The van der Waals surface area contributed by atoms with Crippen molar-refractivity contribution in [1.82, 2.24) is 0 Å². The molecule has 0 spiro atoms. The van der Waals surface area contributed by atoms with E-state index in [2.05, 4.69) is 26.7 Å². The maximum atomic E-state index is 9.58. The molecule has 5 heteroatoms. The molecule has 0 bridgehead atoms. The molecule has 0 radical (unpaired) electrons. The molecule has 0 fully saturated rings. The quantitative estimate of drug-likeness (QED) is 0.261. The Morgan fingerprint density at radius 3 is 1.76 bits per heavy atom. The van der Waals surface area contributed by atoms with E-state index < -0.39 is 0 Å². The zero-order valence-electron chi connectivity index (χ0n) is 13.0. The Morgan fingerprint density at radius 2 is 1.57 bits per heavy atom. The molecule has 0 amide bonds. The molecule has 0 aromatic heterocycles. The van der Waals surface area contributed by atoms with Gasteiger partial charge in [0.15, 0.2) is 0 Å². The van der Waals surface area contributed by atoms with Crippen molar-refractivity contribution in [3.63, 3.8) is 0 Å². The van der Waals surface area contributed by atoms with Gasteiger partial charge in [-0.3, -0.25) is 0 Å². The molecule has 0 aliphatic rings. The monoisotopic (exact) mass is 373 g/mol. The van der Waals surface area contributed by atoms with Crippen molar-refractivity contribution in [2.24, 2.45) is 5.41 Å². The van der Waals surface area contributed by atoms with Gasteiger partial charge >= 0.3 is 0 Å². The summed E-state index contributed by atoms with van der Waals surface area (Å²) >= 11 is 0. The van der Waals surface area contributed by atoms with E-state index in [0.717, 1.165) is 6.42 Å². The first-order valence-corrected chi connectivity index (χ1v) is 6.48. The molecule has 0 heterocycles. The van der Waals surface area contributed by atoms with Crippen LogP contribution in [0.5, 0.6) is 0 Å². The fourth-order valence-electron chi connectivity index (χ4n) is 1.17. The summed E-state index contributed by atoms with van der Waals surface area (Å²) in [4.78, 5) is 9.58. The van der Waals surface area contributed by atoms with Crippen molar-refractivity contribution in [2.75, 3.05) is 33.0 Å². The van der Waals surface area contributed by atoms with Crippen molar-refractivity contribution in [1.29, 1.82) is 0 Å². The molecule has 0 aliphatic heterocycles. The number of carbonyl (C=O) groups is 1. The molecule has 21 heavy (non-hydrogen) atoms. The third kappa shape index (κ3) is 15.7. The van der Waals surface area contributed by atoms with Gasteiger partial charge in [-0.1, -0.05) is 19.1 Å². The fraction of sp³-hybridized carbons (Fsp3) is 0.500. The van der Waals surface area contributed by atoms with E-state index in [4.69, 9.17) is 9.47 Å². The number of allylic oxidation sites excluding steroid dienone is 1. The van der Waals surface area contributed by atoms with Crippen LogP contribution in [0.3, 0.4) is 0 Å². The predicted molar refractivity (Wildman–Crippen MR) is 82.4 cm³/mol. The first-order chi connectivity index (χ1) is 9.51. The molecule has 0 saturated carbocycles. The van der Waals surface area contributed by atoms with Crippen molar-refractivity contribution in [2.45, 2.75) is 13.3 Å². The summed E-state index contributed by atoms with van der Waals surface area (Å²) in [5, 5.41) is 9.36. The van der Waals surface area contributed by atoms with Crippen LogP contribution in [0.1, 0.15) is 13.3 Å². The van der Waals surface area contributed by atoms with Crippen LogP contribution in [0.2, 0.25) is 0 Å². The van der Waals surface area contributed by atoms with Gasteiger partial charge in [-0.2, -0.15) is 19.6 Å². The van der Waals surface area contributed by atoms with Crippen LogP contribution >= 0.6 is 0 Å². The van der Waals surface area contributed by atoms with Crippen molar-refractivity contribution in [3.8, 4) is 0 Å². The molecule has 0 unspecified atom stereocenters. The molecule has 0 atom stereocenters. The minimum Gasteiger partial charge on any atom is -0.396 e. The molecule has 1 N–H and O–H groups in total. The average Bonchev–Trinajstić information content (AvgIpc) is 2.46. The molecule has 0 rings (SSSR count). The zero-order chi connectivity index (χ0) is 15.9. The Hall–Kier alpha value is -0.477. The van der Waals surface area contributed by atoms with Gasteiger partial charge in [-0.05, 0) is 6.42 Å². The maximum absolute atomic E-state index is 9.58. The van der Waals surface area contributed by atoms with Crippen LogP contribution in [0.15, 0.2) is 38.0 Å². The van der Waals surface area contributed by atoms with Crippen LogP contribution in [0.25, 0.3) is 0 Å². The number of aliphatic hydroxyl groups is 1. The van der Waals surface area contributed by atoms with Gasteiger partial charge in [0.2, 0.25) is 0 Å². The third-order valence-electron chi connectivity index (χ3n) is 2.60. The van der Waals surface area contributed by atoms with E-state index >= 15 is 0 Å². The van der Waals surface area contributed by atoms with Crippen LogP contribution in [0.4, 0.5) is 0 Å². The average molecular weight is 375 g/mol. The molecule has 0 saturated heterocycles. The Balaban J connectivity index is -0.000000465. The summed E-state index contributed by atoms with van der Waals surface area (Å²) in [5.74, 6) is -0.231. The van der Waals surface area contributed by atoms with E-state index in [1.54, 1.807) is 12.2 Å². The van der Waals surface area contributed by atoms with Crippen LogP contribution in [-0.2, 0) is 40.5 Å². The fourth-order valence-corrected chi connectivity index (χ4v) is 1.17. The Bertz CT molecular complexity index is 270. The topological polar surface area (TPSA) is 55.8 Å². The summed E-state index contributed by atoms with van der Waals surface area (Å²) in [7, 11) is 0. The number of aliphatic hydroxyl groups excluding tert-OH is 1. The van der Waals surface area contributed by atoms with Crippen LogP contribution < -0.4 is 0 Å². The molecular weight excluding hydrogens is 347 g/mol. The van der Waals surface area contributed by atoms with E-state index in [0.29, 0.717) is 26.4 Å². The standard InChI is InChI=1S/C12H22O3.C4H5O.Zr/c1-4-7-14-10-12(6-3,9-13)11-15-8-5-2;1-3-4(2)5;/h4-5,13H,1-2,6-11H2,3H3;3H,1-2H2;/q;-1;. The molecule has 0 aromatic carbocycles. The van der Waals surface area contributed by atoms with E-state index in [9.17, 15) is 9.90 Å². The van der Waals surface area contributed by atoms with Crippen LogP contribution in [-0.4, -0.2) is 43.9 Å². The Labute approximate surface area is 148 Å². The number of rotatable bonds is 11.